The van der Waals surface area contributed by atoms with Gasteiger partial charge in [-0.3, -0.25) is 9.10 Å². The number of unbranched alkanes of at least 4 members (excludes halogenated alkanes) is 1. The Hall–Kier alpha value is -2.34. The number of nitrogens with zero attached hydrogens (tertiary/aromatic N) is 1. The van der Waals surface area contributed by atoms with Gasteiger partial charge < -0.3 is 5.32 Å². The lowest BCUT2D eigenvalue weighted by Gasteiger charge is -2.19. The number of benzene rings is 2. The molecule has 6 heteroatoms. The minimum absolute atomic E-state index is 0.219. The molecule has 1 N–H and O–H groups in total. The second kappa shape index (κ2) is 8.36. The molecular weight excluding hydrogens is 348 g/mol. The second-order valence-corrected chi connectivity index (χ2v) is 8.50. The largest absolute Gasteiger partial charge is 0.322 e. The van der Waals surface area contributed by atoms with E-state index in [1.54, 1.807) is 25.1 Å². The van der Waals surface area contributed by atoms with Crippen LogP contribution in [-0.4, -0.2) is 27.6 Å². The van der Waals surface area contributed by atoms with Crippen molar-refractivity contribution in [2.24, 2.45) is 0 Å². The molecule has 0 saturated heterocycles. The lowest BCUT2D eigenvalue weighted by atomic mass is 10.1. The topological polar surface area (TPSA) is 66.5 Å². The average molecular weight is 375 g/mol. The van der Waals surface area contributed by atoms with E-state index in [0.29, 0.717) is 11.3 Å². The summed E-state index contributed by atoms with van der Waals surface area (Å²) < 4.78 is 24.6. The number of sulfonamides is 1. The number of amides is 1. The Balaban J connectivity index is 2.11. The first-order valence-electron chi connectivity index (χ1n) is 8.67. The molecule has 0 aliphatic heterocycles. The molecule has 0 saturated carbocycles. The molecule has 0 fully saturated rings. The molecular formula is C20H26N2O3S. The van der Waals surface area contributed by atoms with Crippen LogP contribution in [-0.2, 0) is 16.4 Å². The molecule has 0 atom stereocenters. The summed E-state index contributed by atoms with van der Waals surface area (Å²) in [7, 11) is -1.84. The zero-order valence-electron chi connectivity index (χ0n) is 15.7. The number of hydrogen-bond acceptors (Lipinski definition) is 3. The number of nitrogens with one attached hydrogen (secondary N) is 1. The Labute approximate surface area is 156 Å². The van der Waals surface area contributed by atoms with Crippen LogP contribution in [0.25, 0.3) is 0 Å². The first kappa shape index (κ1) is 20.0. The third kappa shape index (κ3) is 5.08. The van der Waals surface area contributed by atoms with E-state index in [2.05, 4.69) is 12.2 Å². The molecule has 2 aromatic rings. The summed E-state index contributed by atoms with van der Waals surface area (Å²) in [5.74, 6) is -0.219. The lowest BCUT2D eigenvalue weighted by molar-refractivity contribution is 0.102. The summed E-state index contributed by atoms with van der Waals surface area (Å²) in [6.45, 7) is 3.95. The highest BCUT2D eigenvalue weighted by atomic mass is 32.2. The smallest absolute Gasteiger partial charge is 0.255 e. The van der Waals surface area contributed by atoms with E-state index in [1.807, 2.05) is 24.3 Å². The predicted molar refractivity (Wildman–Crippen MR) is 107 cm³/mol. The van der Waals surface area contributed by atoms with Crippen molar-refractivity contribution in [3.8, 4) is 0 Å². The molecule has 1 amide bonds. The average Bonchev–Trinajstić information content (AvgIpc) is 2.59. The normalized spacial score (nSPS) is 11.2. The predicted octanol–water partition coefficient (Wildman–Crippen LogP) is 3.99. The monoisotopic (exact) mass is 374 g/mol. The van der Waals surface area contributed by atoms with Crippen LogP contribution in [0.15, 0.2) is 42.5 Å². The van der Waals surface area contributed by atoms with Crippen molar-refractivity contribution in [1.29, 1.82) is 0 Å². The van der Waals surface area contributed by atoms with Gasteiger partial charge in [-0.2, -0.15) is 0 Å². The summed E-state index contributed by atoms with van der Waals surface area (Å²) in [5.41, 5.74) is 3.77. The summed E-state index contributed by atoms with van der Waals surface area (Å²) in [5, 5.41) is 2.88. The molecule has 0 heterocycles. The summed E-state index contributed by atoms with van der Waals surface area (Å²) >= 11 is 0. The highest BCUT2D eigenvalue weighted by molar-refractivity contribution is 7.92. The lowest BCUT2D eigenvalue weighted by Crippen LogP contribution is -2.25. The zero-order chi connectivity index (χ0) is 19.3. The molecule has 5 nitrogen and oxygen atoms in total. The van der Waals surface area contributed by atoms with Gasteiger partial charge in [-0.15, -0.1) is 0 Å². The molecule has 0 spiro atoms. The van der Waals surface area contributed by atoms with Crippen molar-refractivity contribution in [2.75, 3.05) is 22.9 Å². The van der Waals surface area contributed by atoms with Gasteiger partial charge in [0, 0.05) is 18.3 Å². The quantitative estimate of drug-likeness (QED) is 0.797. The van der Waals surface area contributed by atoms with Crippen LogP contribution < -0.4 is 9.62 Å². The first-order valence-corrected chi connectivity index (χ1v) is 10.5. The first-order chi connectivity index (χ1) is 12.2. The van der Waals surface area contributed by atoms with E-state index >= 15 is 0 Å². The Morgan fingerprint density at radius 2 is 1.77 bits per heavy atom. The van der Waals surface area contributed by atoms with Crippen molar-refractivity contribution < 1.29 is 13.2 Å². The van der Waals surface area contributed by atoms with E-state index in [-0.39, 0.29) is 5.91 Å². The van der Waals surface area contributed by atoms with Gasteiger partial charge >= 0.3 is 0 Å². The van der Waals surface area contributed by atoms with Crippen molar-refractivity contribution >= 4 is 27.3 Å². The molecule has 0 aliphatic carbocycles. The van der Waals surface area contributed by atoms with E-state index in [0.717, 1.165) is 36.8 Å². The van der Waals surface area contributed by atoms with Gasteiger partial charge in [0.2, 0.25) is 10.0 Å². The number of aryl methyl sites for hydroxylation is 2. The molecule has 0 unspecified atom stereocenters. The number of carbonyl (C=O) groups excluding carboxylic acids is 1. The molecule has 26 heavy (non-hydrogen) atoms. The molecule has 2 rings (SSSR count). The van der Waals surface area contributed by atoms with Crippen LogP contribution in [0, 0.1) is 6.92 Å². The minimum Gasteiger partial charge on any atom is -0.322 e. The van der Waals surface area contributed by atoms with Crippen LogP contribution in [0.1, 0.15) is 41.3 Å². The highest BCUT2D eigenvalue weighted by Gasteiger charge is 2.16. The standard InChI is InChI=1S/C20H26N2O3S/c1-5-6-7-16-8-11-18(12-9-16)21-20(23)17-10-13-19(15(2)14-17)22(3)26(4,24)25/h8-14H,5-7H2,1-4H3,(H,21,23). The Kier molecular flexibility index (Phi) is 6.42. The molecule has 2 aromatic carbocycles. The number of hydrogen-bond donors (Lipinski definition) is 1. The molecule has 0 aliphatic rings. The van der Waals surface area contributed by atoms with Crippen molar-refractivity contribution in [3.05, 3.63) is 59.2 Å². The summed E-state index contributed by atoms with van der Waals surface area (Å²) in [4.78, 5) is 12.5. The fourth-order valence-corrected chi connectivity index (χ4v) is 3.23. The molecule has 0 bridgehead atoms. The van der Waals surface area contributed by atoms with Gasteiger partial charge in [-0.05, 0) is 61.2 Å². The number of rotatable bonds is 7. The number of carbonyl (C=O) groups is 1. The van der Waals surface area contributed by atoms with Crippen molar-refractivity contribution in [2.45, 2.75) is 33.1 Å². The van der Waals surface area contributed by atoms with Crippen LogP contribution >= 0.6 is 0 Å². The Bertz CT molecular complexity index is 874. The van der Waals surface area contributed by atoms with Crippen LogP contribution in [0.5, 0.6) is 0 Å². The second-order valence-electron chi connectivity index (χ2n) is 6.49. The maximum atomic E-state index is 12.5. The zero-order valence-corrected chi connectivity index (χ0v) is 16.6. The Morgan fingerprint density at radius 1 is 1.12 bits per heavy atom. The van der Waals surface area contributed by atoms with Gasteiger partial charge in [-0.25, -0.2) is 8.42 Å². The van der Waals surface area contributed by atoms with Gasteiger partial charge in [0.25, 0.3) is 5.91 Å². The van der Waals surface area contributed by atoms with Crippen LogP contribution in [0.2, 0.25) is 0 Å². The fourth-order valence-electron chi connectivity index (χ4n) is 2.67. The third-order valence-corrected chi connectivity index (χ3v) is 5.52. The summed E-state index contributed by atoms with van der Waals surface area (Å²) in [6, 6.07) is 12.8. The van der Waals surface area contributed by atoms with E-state index < -0.39 is 10.0 Å². The van der Waals surface area contributed by atoms with Crippen molar-refractivity contribution in [3.63, 3.8) is 0 Å². The highest BCUT2D eigenvalue weighted by Crippen LogP contribution is 2.23. The van der Waals surface area contributed by atoms with Crippen molar-refractivity contribution in [1.82, 2.24) is 0 Å². The third-order valence-electron chi connectivity index (χ3n) is 4.33. The maximum absolute atomic E-state index is 12.5. The molecule has 140 valence electrons. The number of anilines is 2. The van der Waals surface area contributed by atoms with E-state index in [9.17, 15) is 13.2 Å². The van der Waals surface area contributed by atoms with Gasteiger partial charge in [0.15, 0.2) is 0 Å². The Morgan fingerprint density at radius 3 is 2.31 bits per heavy atom. The van der Waals surface area contributed by atoms with Crippen LogP contribution in [0.3, 0.4) is 0 Å². The minimum atomic E-state index is -3.34. The molecule has 0 radical (unpaired) electrons. The van der Waals surface area contributed by atoms with E-state index in [4.69, 9.17) is 0 Å². The van der Waals surface area contributed by atoms with Crippen LogP contribution in [0.4, 0.5) is 11.4 Å². The molecule has 0 aromatic heterocycles. The SMILES string of the molecule is CCCCc1ccc(NC(=O)c2ccc(N(C)S(C)(=O)=O)c(C)c2)cc1. The van der Waals surface area contributed by atoms with Gasteiger partial charge in [0.05, 0.1) is 11.9 Å². The summed E-state index contributed by atoms with van der Waals surface area (Å²) in [6.07, 6.45) is 4.50. The van der Waals surface area contributed by atoms with Gasteiger partial charge in [-0.1, -0.05) is 25.5 Å². The van der Waals surface area contributed by atoms with Gasteiger partial charge in [0.1, 0.15) is 0 Å². The maximum Gasteiger partial charge on any atom is 0.255 e. The fraction of sp³-hybridized carbons (Fsp3) is 0.350. The van der Waals surface area contributed by atoms with E-state index in [1.165, 1.54) is 16.9 Å².